The summed E-state index contributed by atoms with van der Waals surface area (Å²) < 4.78 is 32.4. The van der Waals surface area contributed by atoms with E-state index in [0.29, 0.717) is 0 Å². The molecule has 6 heteroatoms. The van der Waals surface area contributed by atoms with Gasteiger partial charge in [-0.25, -0.2) is 13.1 Å². The van der Waals surface area contributed by atoms with E-state index >= 15 is 0 Å². The summed E-state index contributed by atoms with van der Waals surface area (Å²) in [7, 11) is -4.25. The summed E-state index contributed by atoms with van der Waals surface area (Å²) in [5, 5.41) is 0. The van der Waals surface area contributed by atoms with Gasteiger partial charge in [-0.05, 0) is 13.3 Å². The Morgan fingerprint density at radius 2 is 2.00 bits per heavy atom. The van der Waals surface area contributed by atoms with Crippen LogP contribution in [0.2, 0.25) is 0 Å². The molecule has 0 aliphatic carbocycles. The third-order valence-corrected chi connectivity index (χ3v) is 2.03. The maximum atomic E-state index is 10.1. The van der Waals surface area contributed by atoms with E-state index in [1.165, 1.54) is 0 Å². The van der Waals surface area contributed by atoms with Crippen molar-refractivity contribution in [1.82, 2.24) is 4.72 Å². The molecule has 0 aliphatic heterocycles. The molecule has 0 spiro atoms. The van der Waals surface area contributed by atoms with Crippen LogP contribution in [0, 0.1) is 0 Å². The fourth-order valence-corrected chi connectivity index (χ4v) is 1.43. The van der Waals surface area contributed by atoms with Gasteiger partial charge in [-0.15, -0.1) is 0 Å². The average Bonchev–Trinajstić information content (AvgIpc) is 1.79. The van der Waals surface area contributed by atoms with Gasteiger partial charge in [0.25, 0.3) is 0 Å². The van der Waals surface area contributed by atoms with Crippen molar-refractivity contribution < 1.29 is 42.5 Å². The zero-order valence-electron chi connectivity index (χ0n) is 7.83. The average molecular weight is 203 g/mol. The first-order valence-corrected chi connectivity index (χ1v) is 5.09. The van der Waals surface area contributed by atoms with Gasteiger partial charge in [-0.3, -0.25) is 0 Å². The van der Waals surface area contributed by atoms with Crippen molar-refractivity contribution in [3.05, 3.63) is 0 Å². The minimum absolute atomic E-state index is 0. The molecule has 0 aromatic carbocycles. The molecular formula is C6H14NNaO3S. The van der Waals surface area contributed by atoms with Crippen LogP contribution in [0.25, 0.3) is 0 Å². The first kappa shape index (κ1) is 15.3. The van der Waals surface area contributed by atoms with E-state index < -0.39 is 10.3 Å². The maximum absolute atomic E-state index is 10.1. The van der Waals surface area contributed by atoms with Gasteiger partial charge in [-0.2, -0.15) is 0 Å². The number of hydrogen-bond acceptors (Lipinski definition) is 3. The molecule has 0 amide bonds. The number of nitrogens with one attached hydrogen (secondary N) is 1. The fourth-order valence-electron chi connectivity index (χ4n) is 0.816. The SMILES string of the molecule is CCCCC(C)NS(=O)(=O)[O-].[Na+]. The smallest absolute Gasteiger partial charge is 0.735 e. The summed E-state index contributed by atoms with van der Waals surface area (Å²) in [5.74, 6) is 0. The molecule has 1 atom stereocenters. The zero-order chi connectivity index (χ0) is 8.91. The molecule has 1 N–H and O–H groups in total. The van der Waals surface area contributed by atoms with Crippen LogP contribution in [0.3, 0.4) is 0 Å². The molecule has 0 saturated carbocycles. The molecule has 12 heavy (non-hydrogen) atoms. The monoisotopic (exact) mass is 203 g/mol. The predicted molar refractivity (Wildman–Crippen MR) is 41.8 cm³/mol. The Bertz CT molecular complexity index is 193. The second-order valence-electron chi connectivity index (χ2n) is 2.62. The fraction of sp³-hybridized carbons (Fsp3) is 1.00. The molecule has 0 radical (unpaired) electrons. The van der Waals surface area contributed by atoms with Crippen molar-refractivity contribution in [2.24, 2.45) is 0 Å². The van der Waals surface area contributed by atoms with Crippen molar-refractivity contribution in [2.75, 3.05) is 0 Å². The molecule has 0 saturated heterocycles. The first-order chi connectivity index (χ1) is 4.95. The van der Waals surface area contributed by atoms with E-state index in [0.717, 1.165) is 19.3 Å². The first-order valence-electron chi connectivity index (χ1n) is 3.69. The molecule has 0 aliphatic rings. The van der Waals surface area contributed by atoms with Crippen LogP contribution in [0.15, 0.2) is 0 Å². The Labute approximate surface area is 96.3 Å². The molecule has 68 valence electrons. The van der Waals surface area contributed by atoms with Gasteiger partial charge in [-0.1, -0.05) is 19.8 Å². The molecular weight excluding hydrogens is 189 g/mol. The number of rotatable bonds is 5. The van der Waals surface area contributed by atoms with E-state index in [-0.39, 0.29) is 35.6 Å². The van der Waals surface area contributed by atoms with E-state index in [2.05, 4.69) is 0 Å². The van der Waals surface area contributed by atoms with Crippen LogP contribution in [0.1, 0.15) is 33.1 Å². The third-order valence-electron chi connectivity index (χ3n) is 1.34. The normalized spacial score (nSPS) is 13.6. The molecule has 4 nitrogen and oxygen atoms in total. The van der Waals surface area contributed by atoms with Gasteiger partial charge in [0, 0.05) is 6.04 Å². The quantitative estimate of drug-likeness (QED) is 0.401. The number of hydrogen-bond donors (Lipinski definition) is 1. The van der Waals surface area contributed by atoms with Crippen LogP contribution in [-0.2, 0) is 10.3 Å². The number of unbranched alkanes of at least 4 members (excludes halogenated alkanes) is 1. The Hall–Kier alpha value is 0.870. The summed E-state index contributed by atoms with van der Waals surface area (Å²) in [6, 6.07) is -0.238. The van der Waals surface area contributed by atoms with Crippen molar-refractivity contribution >= 4 is 10.3 Å². The summed E-state index contributed by atoms with van der Waals surface area (Å²) in [6.07, 6.45) is 2.66. The van der Waals surface area contributed by atoms with Crippen molar-refractivity contribution in [2.45, 2.75) is 39.2 Å². The predicted octanol–water partition coefficient (Wildman–Crippen LogP) is -2.38. The van der Waals surface area contributed by atoms with Gasteiger partial charge in [0.15, 0.2) is 10.3 Å². The minimum atomic E-state index is -4.25. The Morgan fingerprint density at radius 1 is 1.50 bits per heavy atom. The van der Waals surface area contributed by atoms with Crippen molar-refractivity contribution in [1.29, 1.82) is 0 Å². The van der Waals surface area contributed by atoms with E-state index in [1.807, 2.05) is 11.6 Å². The van der Waals surface area contributed by atoms with Crippen molar-refractivity contribution in [3.8, 4) is 0 Å². The van der Waals surface area contributed by atoms with E-state index in [9.17, 15) is 13.0 Å². The maximum Gasteiger partial charge on any atom is 1.00 e. The van der Waals surface area contributed by atoms with Crippen molar-refractivity contribution in [3.63, 3.8) is 0 Å². The second kappa shape index (κ2) is 7.29. The molecule has 0 heterocycles. The van der Waals surface area contributed by atoms with Crippen LogP contribution in [-0.4, -0.2) is 19.0 Å². The molecule has 1 unspecified atom stereocenters. The van der Waals surface area contributed by atoms with Crippen LogP contribution in [0.5, 0.6) is 0 Å². The van der Waals surface area contributed by atoms with Crippen LogP contribution < -0.4 is 34.3 Å². The molecule has 0 bridgehead atoms. The standard InChI is InChI=1S/C6H15NO3S.Na/c1-3-4-5-6(2)7-11(8,9)10;/h6-7H,3-5H2,1-2H3,(H,8,9,10);/q;+1/p-1. The summed E-state index contributed by atoms with van der Waals surface area (Å²) in [5.41, 5.74) is 0. The van der Waals surface area contributed by atoms with Gasteiger partial charge < -0.3 is 4.55 Å². The molecule has 0 aromatic rings. The minimum Gasteiger partial charge on any atom is -0.735 e. The largest absolute Gasteiger partial charge is 1.00 e. The Kier molecular flexibility index (Phi) is 9.32. The summed E-state index contributed by atoms with van der Waals surface area (Å²) in [4.78, 5) is 0. The van der Waals surface area contributed by atoms with Gasteiger partial charge >= 0.3 is 29.6 Å². The Morgan fingerprint density at radius 3 is 2.33 bits per heavy atom. The topological polar surface area (TPSA) is 69.2 Å². The zero-order valence-corrected chi connectivity index (χ0v) is 10.6. The summed E-state index contributed by atoms with van der Waals surface area (Å²) >= 11 is 0. The van der Waals surface area contributed by atoms with Crippen LogP contribution in [0.4, 0.5) is 0 Å². The van der Waals surface area contributed by atoms with E-state index in [4.69, 9.17) is 0 Å². The Balaban J connectivity index is 0. The molecule has 0 fully saturated rings. The van der Waals surface area contributed by atoms with Gasteiger partial charge in [0.1, 0.15) is 0 Å². The second-order valence-corrected chi connectivity index (χ2v) is 3.76. The molecule has 0 aromatic heterocycles. The summed E-state index contributed by atoms with van der Waals surface area (Å²) in [6.45, 7) is 3.70. The third kappa shape index (κ3) is 10.9. The van der Waals surface area contributed by atoms with Gasteiger partial charge in [0.2, 0.25) is 0 Å². The van der Waals surface area contributed by atoms with Gasteiger partial charge in [0.05, 0.1) is 0 Å². The van der Waals surface area contributed by atoms with Crippen LogP contribution >= 0.6 is 0 Å². The molecule has 0 rings (SSSR count). The van der Waals surface area contributed by atoms with E-state index in [1.54, 1.807) is 6.92 Å².